The molecule has 3 nitrogen and oxygen atoms in total. The Bertz CT molecular complexity index is 642. The van der Waals surface area contributed by atoms with Crippen LogP contribution < -0.4 is 4.90 Å². The predicted molar refractivity (Wildman–Crippen MR) is 75.3 cm³/mol. The first-order chi connectivity index (χ1) is 9.75. The summed E-state index contributed by atoms with van der Waals surface area (Å²) in [6.45, 7) is 0.647. The van der Waals surface area contributed by atoms with Crippen LogP contribution >= 0.6 is 0 Å². The molecule has 1 aliphatic rings. The normalized spacial score (nSPS) is 14.6. The van der Waals surface area contributed by atoms with Gasteiger partial charge in [-0.1, -0.05) is 24.3 Å². The molecular formula is C16H15FN2O. The Morgan fingerprint density at radius 3 is 2.80 bits per heavy atom. The molecule has 0 radical (unpaired) electrons. The van der Waals surface area contributed by atoms with Crippen molar-refractivity contribution in [3.63, 3.8) is 0 Å². The van der Waals surface area contributed by atoms with Gasteiger partial charge in [0, 0.05) is 12.2 Å². The van der Waals surface area contributed by atoms with Crippen LogP contribution in [0.2, 0.25) is 0 Å². The third-order valence-corrected chi connectivity index (χ3v) is 3.54. The van der Waals surface area contributed by atoms with Crippen LogP contribution in [0.3, 0.4) is 0 Å². The molecule has 0 bridgehead atoms. The summed E-state index contributed by atoms with van der Waals surface area (Å²) in [6.07, 6.45) is 2.96. The summed E-state index contributed by atoms with van der Waals surface area (Å²) in [5.74, 6) is -0.863. The Balaban J connectivity index is 1.99. The van der Waals surface area contributed by atoms with E-state index >= 15 is 0 Å². The van der Waals surface area contributed by atoms with E-state index in [9.17, 15) is 9.18 Å². The van der Waals surface area contributed by atoms with Crippen LogP contribution in [0.25, 0.3) is 0 Å². The molecule has 0 atom stereocenters. The number of halogens is 1. The maximum absolute atomic E-state index is 13.2. The monoisotopic (exact) mass is 270 g/mol. The number of anilines is 1. The Kier molecular flexibility index (Phi) is 3.46. The van der Waals surface area contributed by atoms with Crippen molar-refractivity contribution in [3.8, 4) is 0 Å². The lowest BCUT2D eigenvalue weighted by Gasteiger charge is -2.22. The molecule has 0 unspecified atom stereocenters. The number of aryl methyl sites for hydroxylation is 1. The molecule has 2 aromatic rings. The predicted octanol–water partition coefficient (Wildman–Crippen LogP) is 3.20. The molecule has 102 valence electrons. The molecule has 0 saturated heterocycles. The Morgan fingerprint density at radius 2 is 1.95 bits per heavy atom. The highest BCUT2D eigenvalue weighted by Crippen LogP contribution is 2.27. The average molecular weight is 270 g/mol. The van der Waals surface area contributed by atoms with Crippen LogP contribution in [-0.4, -0.2) is 17.4 Å². The Labute approximate surface area is 117 Å². The topological polar surface area (TPSA) is 33.2 Å². The minimum Gasteiger partial charge on any atom is -0.307 e. The maximum Gasteiger partial charge on any atom is 0.276 e. The van der Waals surface area contributed by atoms with E-state index in [1.807, 2.05) is 24.3 Å². The number of fused-ring (bicyclic) bond motifs is 1. The van der Waals surface area contributed by atoms with Crippen molar-refractivity contribution < 1.29 is 9.18 Å². The van der Waals surface area contributed by atoms with Crippen molar-refractivity contribution in [1.82, 2.24) is 4.98 Å². The number of hydrogen-bond donors (Lipinski definition) is 0. The SMILES string of the molecule is O=C(c1cccc(F)n1)N1CCCCc2ccccc21. The van der Waals surface area contributed by atoms with Crippen molar-refractivity contribution in [2.75, 3.05) is 11.4 Å². The van der Waals surface area contributed by atoms with Gasteiger partial charge in [-0.05, 0) is 43.0 Å². The highest BCUT2D eigenvalue weighted by Gasteiger charge is 2.23. The van der Waals surface area contributed by atoms with E-state index in [1.165, 1.54) is 12.1 Å². The molecule has 2 heterocycles. The minimum absolute atomic E-state index is 0.154. The third kappa shape index (κ3) is 2.41. The molecule has 1 aromatic carbocycles. The fourth-order valence-corrected chi connectivity index (χ4v) is 2.57. The molecule has 0 aliphatic carbocycles. The van der Waals surface area contributed by atoms with Gasteiger partial charge in [0.2, 0.25) is 5.95 Å². The Morgan fingerprint density at radius 1 is 1.10 bits per heavy atom. The number of para-hydroxylation sites is 1. The van der Waals surface area contributed by atoms with Gasteiger partial charge >= 0.3 is 0 Å². The van der Waals surface area contributed by atoms with Crippen molar-refractivity contribution in [1.29, 1.82) is 0 Å². The molecule has 0 saturated carbocycles. The molecule has 0 spiro atoms. The molecule has 1 aromatic heterocycles. The summed E-state index contributed by atoms with van der Waals surface area (Å²) in [6, 6.07) is 12.2. The number of aromatic nitrogens is 1. The van der Waals surface area contributed by atoms with Crippen molar-refractivity contribution in [2.24, 2.45) is 0 Å². The van der Waals surface area contributed by atoms with Gasteiger partial charge in [0.25, 0.3) is 5.91 Å². The second-order valence-electron chi connectivity index (χ2n) is 4.89. The molecule has 4 heteroatoms. The van der Waals surface area contributed by atoms with Gasteiger partial charge in [-0.15, -0.1) is 0 Å². The van der Waals surface area contributed by atoms with Crippen LogP contribution in [0.5, 0.6) is 0 Å². The van der Waals surface area contributed by atoms with E-state index in [4.69, 9.17) is 0 Å². The number of nitrogens with zero attached hydrogens (tertiary/aromatic N) is 2. The van der Waals surface area contributed by atoms with Crippen LogP contribution in [-0.2, 0) is 6.42 Å². The fourth-order valence-electron chi connectivity index (χ4n) is 2.57. The lowest BCUT2D eigenvalue weighted by Crippen LogP contribution is -2.32. The van der Waals surface area contributed by atoms with Crippen LogP contribution in [0.1, 0.15) is 28.9 Å². The highest BCUT2D eigenvalue weighted by atomic mass is 19.1. The lowest BCUT2D eigenvalue weighted by atomic mass is 10.1. The number of carbonyl (C=O) groups is 1. The molecule has 0 fully saturated rings. The first-order valence-corrected chi connectivity index (χ1v) is 6.78. The van der Waals surface area contributed by atoms with E-state index in [0.717, 1.165) is 30.5 Å². The summed E-state index contributed by atoms with van der Waals surface area (Å²) in [5.41, 5.74) is 2.23. The zero-order valence-electron chi connectivity index (χ0n) is 11.1. The van der Waals surface area contributed by atoms with Crippen LogP contribution in [0, 0.1) is 5.95 Å². The summed E-state index contributed by atoms with van der Waals surface area (Å²) in [4.78, 5) is 18.0. The number of hydrogen-bond acceptors (Lipinski definition) is 2. The molecular weight excluding hydrogens is 255 g/mol. The van der Waals surface area contributed by atoms with Gasteiger partial charge < -0.3 is 4.90 Å². The van der Waals surface area contributed by atoms with Crippen LogP contribution in [0.4, 0.5) is 10.1 Å². The minimum atomic E-state index is -0.626. The first-order valence-electron chi connectivity index (χ1n) is 6.78. The zero-order valence-corrected chi connectivity index (χ0v) is 11.1. The average Bonchev–Trinajstić information content (AvgIpc) is 2.69. The van der Waals surface area contributed by atoms with Crippen molar-refractivity contribution >= 4 is 11.6 Å². The molecule has 20 heavy (non-hydrogen) atoms. The van der Waals surface area contributed by atoms with Gasteiger partial charge in [-0.2, -0.15) is 4.39 Å². The highest BCUT2D eigenvalue weighted by molar-refractivity contribution is 6.05. The third-order valence-electron chi connectivity index (χ3n) is 3.54. The molecule has 0 N–H and O–H groups in total. The summed E-state index contributed by atoms with van der Waals surface area (Å²) in [7, 11) is 0. The summed E-state index contributed by atoms with van der Waals surface area (Å²) < 4.78 is 13.2. The number of rotatable bonds is 1. The number of benzene rings is 1. The van der Waals surface area contributed by atoms with Crippen LogP contribution in [0.15, 0.2) is 42.5 Å². The number of amides is 1. The number of pyridine rings is 1. The number of carbonyl (C=O) groups excluding carboxylic acids is 1. The second kappa shape index (κ2) is 5.41. The summed E-state index contributed by atoms with van der Waals surface area (Å²) >= 11 is 0. The van der Waals surface area contributed by atoms with Gasteiger partial charge in [0.1, 0.15) is 5.69 Å². The first kappa shape index (κ1) is 12.8. The van der Waals surface area contributed by atoms with Gasteiger partial charge in [-0.25, -0.2) is 4.98 Å². The quantitative estimate of drug-likeness (QED) is 0.745. The zero-order chi connectivity index (χ0) is 13.9. The fraction of sp³-hybridized carbons (Fsp3) is 0.250. The van der Waals surface area contributed by atoms with E-state index in [0.29, 0.717) is 6.54 Å². The van der Waals surface area contributed by atoms with Gasteiger partial charge in [0.15, 0.2) is 0 Å². The van der Waals surface area contributed by atoms with Gasteiger partial charge in [0.05, 0.1) is 0 Å². The standard InChI is InChI=1S/C16H15FN2O/c17-15-10-5-8-13(18-15)16(20)19-11-4-3-7-12-6-1-2-9-14(12)19/h1-2,5-6,8-10H,3-4,7,11H2. The van der Waals surface area contributed by atoms with Crippen molar-refractivity contribution in [2.45, 2.75) is 19.3 Å². The maximum atomic E-state index is 13.2. The van der Waals surface area contributed by atoms with E-state index in [-0.39, 0.29) is 11.6 Å². The van der Waals surface area contributed by atoms with E-state index < -0.39 is 5.95 Å². The second-order valence-corrected chi connectivity index (χ2v) is 4.89. The smallest absolute Gasteiger partial charge is 0.276 e. The molecule has 1 aliphatic heterocycles. The lowest BCUT2D eigenvalue weighted by molar-refractivity contribution is 0.0981. The van der Waals surface area contributed by atoms with E-state index in [2.05, 4.69) is 4.98 Å². The van der Waals surface area contributed by atoms with Gasteiger partial charge in [-0.3, -0.25) is 4.79 Å². The summed E-state index contributed by atoms with van der Waals surface area (Å²) in [5, 5.41) is 0. The largest absolute Gasteiger partial charge is 0.307 e. The molecule has 1 amide bonds. The van der Waals surface area contributed by atoms with E-state index in [1.54, 1.807) is 11.0 Å². The van der Waals surface area contributed by atoms with Crippen molar-refractivity contribution in [3.05, 3.63) is 59.7 Å². The Hall–Kier alpha value is -2.23. The molecule has 3 rings (SSSR count).